The summed E-state index contributed by atoms with van der Waals surface area (Å²) in [7, 11) is 0. The number of carbonyl (C=O) groups excluding carboxylic acids is 1. The van der Waals surface area contributed by atoms with Crippen LogP contribution in [-0.4, -0.2) is 42.0 Å². The number of rotatable bonds is 6. The standard InChI is InChI=1S/C23H32N4O/c1-4-26(5-2)21-10-11-22(18(3)14-21)25-20-15-19(16-24-17-20)23(28)27-12-8-6-7-9-13-27/h10-11,14-17,25H,4-9,12-13H2,1-3H3. The van der Waals surface area contributed by atoms with Crippen LogP contribution in [0.15, 0.2) is 36.7 Å². The third-order valence-electron chi connectivity index (χ3n) is 5.50. The monoisotopic (exact) mass is 380 g/mol. The number of likely N-dealkylation sites (tertiary alicyclic amines) is 1. The van der Waals surface area contributed by atoms with Gasteiger partial charge in [-0.05, 0) is 63.4 Å². The summed E-state index contributed by atoms with van der Waals surface area (Å²) < 4.78 is 0. The van der Waals surface area contributed by atoms with Gasteiger partial charge in [-0.1, -0.05) is 12.8 Å². The van der Waals surface area contributed by atoms with Crippen LogP contribution < -0.4 is 10.2 Å². The van der Waals surface area contributed by atoms with Crippen LogP contribution in [0.2, 0.25) is 0 Å². The fraction of sp³-hybridized carbons (Fsp3) is 0.478. The van der Waals surface area contributed by atoms with Crippen molar-refractivity contribution in [3.8, 4) is 0 Å². The summed E-state index contributed by atoms with van der Waals surface area (Å²) in [5.74, 6) is 0.0895. The van der Waals surface area contributed by atoms with E-state index in [9.17, 15) is 4.79 Å². The quantitative estimate of drug-likeness (QED) is 0.766. The Morgan fingerprint density at radius 2 is 1.79 bits per heavy atom. The molecule has 5 heteroatoms. The van der Waals surface area contributed by atoms with E-state index in [1.807, 2.05) is 11.0 Å². The number of amides is 1. The molecular weight excluding hydrogens is 348 g/mol. The van der Waals surface area contributed by atoms with Crippen LogP contribution in [0, 0.1) is 6.92 Å². The van der Waals surface area contributed by atoms with Crippen molar-refractivity contribution in [1.82, 2.24) is 9.88 Å². The lowest BCUT2D eigenvalue weighted by atomic mass is 10.1. The maximum atomic E-state index is 12.9. The summed E-state index contributed by atoms with van der Waals surface area (Å²) in [6.45, 7) is 10.1. The van der Waals surface area contributed by atoms with Crippen molar-refractivity contribution < 1.29 is 4.79 Å². The van der Waals surface area contributed by atoms with Crippen LogP contribution in [0.4, 0.5) is 17.1 Å². The fourth-order valence-electron chi connectivity index (χ4n) is 3.81. The van der Waals surface area contributed by atoms with Gasteiger partial charge in [-0.25, -0.2) is 0 Å². The number of aromatic nitrogens is 1. The van der Waals surface area contributed by atoms with Crippen LogP contribution in [0.5, 0.6) is 0 Å². The highest BCUT2D eigenvalue weighted by Gasteiger charge is 2.18. The molecule has 1 aromatic heterocycles. The molecule has 0 spiro atoms. The SMILES string of the molecule is CCN(CC)c1ccc(Nc2cncc(C(=O)N3CCCCCC3)c2)c(C)c1. The van der Waals surface area contributed by atoms with Crippen LogP contribution in [0.1, 0.15) is 55.5 Å². The molecule has 1 fully saturated rings. The first-order valence-electron chi connectivity index (χ1n) is 10.5. The van der Waals surface area contributed by atoms with Crippen molar-refractivity contribution in [2.45, 2.75) is 46.5 Å². The summed E-state index contributed by atoms with van der Waals surface area (Å²) in [5.41, 5.74) is 4.95. The first-order valence-corrected chi connectivity index (χ1v) is 10.5. The second-order valence-corrected chi connectivity index (χ2v) is 7.47. The molecule has 1 aliphatic rings. The van der Waals surface area contributed by atoms with Crippen LogP contribution in [-0.2, 0) is 0 Å². The van der Waals surface area contributed by atoms with Gasteiger partial charge in [0.05, 0.1) is 17.4 Å². The zero-order valence-corrected chi connectivity index (χ0v) is 17.4. The molecule has 0 saturated carbocycles. The average molecular weight is 381 g/mol. The van der Waals surface area contributed by atoms with Gasteiger partial charge in [0, 0.05) is 43.8 Å². The van der Waals surface area contributed by atoms with Crippen molar-refractivity contribution in [3.63, 3.8) is 0 Å². The van der Waals surface area contributed by atoms with Gasteiger partial charge in [0.25, 0.3) is 5.91 Å². The van der Waals surface area contributed by atoms with Crippen molar-refractivity contribution in [2.75, 3.05) is 36.4 Å². The Balaban J connectivity index is 1.74. The zero-order chi connectivity index (χ0) is 19.9. The van der Waals surface area contributed by atoms with Gasteiger partial charge in [-0.3, -0.25) is 9.78 Å². The largest absolute Gasteiger partial charge is 0.372 e. The number of nitrogens with zero attached hydrogens (tertiary/aromatic N) is 3. The van der Waals surface area contributed by atoms with Crippen molar-refractivity contribution >= 4 is 23.0 Å². The Labute approximate surface area is 168 Å². The van der Waals surface area contributed by atoms with Gasteiger partial charge >= 0.3 is 0 Å². The lowest BCUT2D eigenvalue weighted by Gasteiger charge is -2.22. The molecule has 0 atom stereocenters. The number of nitrogens with one attached hydrogen (secondary N) is 1. The summed E-state index contributed by atoms with van der Waals surface area (Å²) in [5, 5.41) is 3.43. The number of anilines is 3. The highest BCUT2D eigenvalue weighted by molar-refractivity contribution is 5.95. The molecule has 150 valence electrons. The molecule has 1 N–H and O–H groups in total. The Morgan fingerprint density at radius 3 is 2.43 bits per heavy atom. The van der Waals surface area contributed by atoms with Crippen LogP contribution in [0.25, 0.3) is 0 Å². The van der Waals surface area contributed by atoms with Crippen molar-refractivity contribution in [1.29, 1.82) is 0 Å². The van der Waals surface area contributed by atoms with E-state index in [-0.39, 0.29) is 5.91 Å². The molecule has 1 amide bonds. The summed E-state index contributed by atoms with van der Waals surface area (Å²) in [4.78, 5) is 21.5. The van der Waals surface area contributed by atoms with Crippen molar-refractivity contribution in [3.05, 3.63) is 47.8 Å². The number of benzene rings is 1. The molecule has 1 aromatic carbocycles. The van der Waals surface area contributed by atoms with E-state index in [0.717, 1.165) is 50.4 Å². The summed E-state index contributed by atoms with van der Waals surface area (Å²) in [6.07, 6.45) is 8.06. The molecule has 2 heterocycles. The van der Waals surface area contributed by atoms with Crippen molar-refractivity contribution in [2.24, 2.45) is 0 Å². The lowest BCUT2D eigenvalue weighted by Crippen LogP contribution is -2.31. The molecule has 3 rings (SSSR count). The minimum atomic E-state index is 0.0895. The number of hydrogen-bond donors (Lipinski definition) is 1. The van der Waals surface area contributed by atoms with E-state index in [0.29, 0.717) is 5.56 Å². The van der Waals surface area contributed by atoms with Gasteiger partial charge in [0.2, 0.25) is 0 Å². The second kappa shape index (κ2) is 9.58. The highest BCUT2D eigenvalue weighted by Crippen LogP contribution is 2.26. The van der Waals surface area contributed by atoms with Gasteiger partial charge in [0.15, 0.2) is 0 Å². The predicted octanol–water partition coefficient (Wildman–Crippen LogP) is 5.00. The topological polar surface area (TPSA) is 48.5 Å². The number of aryl methyl sites for hydroxylation is 1. The lowest BCUT2D eigenvalue weighted by molar-refractivity contribution is 0.0761. The van der Waals surface area contributed by atoms with E-state index in [4.69, 9.17) is 0 Å². The third-order valence-corrected chi connectivity index (χ3v) is 5.50. The minimum absolute atomic E-state index is 0.0895. The minimum Gasteiger partial charge on any atom is -0.372 e. The Hall–Kier alpha value is -2.56. The molecular formula is C23H32N4O. The first kappa shape index (κ1) is 20.2. The van der Waals surface area contributed by atoms with E-state index in [2.05, 4.69) is 54.2 Å². The van der Waals surface area contributed by atoms with Gasteiger partial charge < -0.3 is 15.1 Å². The predicted molar refractivity (Wildman–Crippen MR) is 117 cm³/mol. The molecule has 0 unspecified atom stereocenters. The Bertz CT molecular complexity index is 793. The Kier molecular flexibility index (Phi) is 6.90. The van der Waals surface area contributed by atoms with Gasteiger partial charge in [0.1, 0.15) is 0 Å². The molecule has 0 bridgehead atoms. The maximum Gasteiger partial charge on any atom is 0.255 e. The molecule has 5 nitrogen and oxygen atoms in total. The first-order chi connectivity index (χ1) is 13.6. The van der Waals surface area contributed by atoms with Gasteiger partial charge in [-0.2, -0.15) is 0 Å². The second-order valence-electron chi connectivity index (χ2n) is 7.47. The highest BCUT2D eigenvalue weighted by atomic mass is 16.2. The number of carbonyl (C=O) groups is 1. The van der Waals surface area contributed by atoms with E-state index < -0.39 is 0 Å². The molecule has 0 aliphatic carbocycles. The summed E-state index contributed by atoms with van der Waals surface area (Å²) in [6, 6.07) is 8.36. The molecule has 28 heavy (non-hydrogen) atoms. The van der Waals surface area contributed by atoms with Gasteiger partial charge in [-0.15, -0.1) is 0 Å². The average Bonchev–Trinajstić information content (AvgIpc) is 3.00. The van der Waals surface area contributed by atoms with Crippen LogP contribution in [0.3, 0.4) is 0 Å². The Morgan fingerprint density at radius 1 is 1.07 bits per heavy atom. The van der Waals surface area contributed by atoms with E-state index in [1.165, 1.54) is 24.1 Å². The fourth-order valence-corrected chi connectivity index (χ4v) is 3.81. The molecule has 1 aliphatic heterocycles. The normalized spacial score (nSPS) is 14.5. The number of pyridine rings is 1. The number of hydrogen-bond acceptors (Lipinski definition) is 4. The smallest absolute Gasteiger partial charge is 0.255 e. The van der Waals surface area contributed by atoms with E-state index in [1.54, 1.807) is 12.4 Å². The molecule has 0 radical (unpaired) electrons. The summed E-state index contributed by atoms with van der Waals surface area (Å²) >= 11 is 0. The zero-order valence-electron chi connectivity index (χ0n) is 17.4. The third kappa shape index (κ3) is 4.83. The molecule has 1 saturated heterocycles. The van der Waals surface area contributed by atoms with Crippen LogP contribution >= 0.6 is 0 Å². The maximum absolute atomic E-state index is 12.9. The molecule has 2 aromatic rings. The van der Waals surface area contributed by atoms with E-state index >= 15 is 0 Å².